The number of nitrogen functional groups attached to an aromatic ring is 7. The SMILES string of the molecule is Cc1nc(N)nc(N)n1.Cc1nc(N)nc(N)n1.Nc1nc(N)nc(N)n1. The molecule has 0 aliphatic rings. The summed E-state index contributed by atoms with van der Waals surface area (Å²) < 4.78 is 0. The zero-order valence-corrected chi connectivity index (χ0v) is 14.6. The van der Waals surface area contributed by atoms with Gasteiger partial charge in [-0.2, -0.15) is 44.9 Å². The summed E-state index contributed by atoms with van der Waals surface area (Å²) in [6.07, 6.45) is 0. The van der Waals surface area contributed by atoms with Crippen molar-refractivity contribution >= 4 is 41.6 Å². The topological polar surface area (TPSA) is 298 Å². The summed E-state index contributed by atoms with van der Waals surface area (Å²) in [5, 5.41) is 0. The lowest BCUT2D eigenvalue weighted by Gasteiger charge is -1.93. The van der Waals surface area contributed by atoms with Crippen molar-refractivity contribution in [2.75, 3.05) is 40.1 Å². The van der Waals surface area contributed by atoms with Crippen LogP contribution in [0.25, 0.3) is 0 Å². The van der Waals surface area contributed by atoms with E-state index in [0.717, 1.165) is 0 Å². The Labute approximate surface area is 153 Å². The largest absolute Gasteiger partial charge is 0.368 e. The van der Waals surface area contributed by atoms with Crippen molar-refractivity contribution in [3.8, 4) is 0 Å². The Balaban J connectivity index is 0.000000202. The van der Waals surface area contributed by atoms with Crippen LogP contribution in [0.3, 0.4) is 0 Å². The van der Waals surface area contributed by atoms with Gasteiger partial charge in [-0.1, -0.05) is 0 Å². The van der Waals surface area contributed by atoms with Crippen LogP contribution in [0.1, 0.15) is 11.6 Å². The summed E-state index contributed by atoms with van der Waals surface area (Å²) >= 11 is 0. The summed E-state index contributed by atoms with van der Waals surface area (Å²) in [5.41, 5.74) is 36.3. The van der Waals surface area contributed by atoms with Crippen LogP contribution in [0.4, 0.5) is 41.6 Å². The third-order valence-corrected chi connectivity index (χ3v) is 2.25. The summed E-state index contributed by atoms with van der Waals surface area (Å²) in [7, 11) is 0. The van der Waals surface area contributed by atoms with Gasteiger partial charge < -0.3 is 40.1 Å². The van der Waals surface area contributed by atoms with Crippen molar-refractivity contribution in [2.24, 2.45) is 0 Å². The molecule has 0 aliphatic carbocycles. The van der Waals surface area contributed by atoms with Crippen LogP contribution in [0, 0.1) is 13.8 Å². The summed E-state index contributed by atoms with van der Waals surface area (Å²) in [6.45, 7) is 3.41. The van der Waals surface area contributed by atoms with E-state index in [4.69, 9.17) is 40.1 Å². The highest BCUT2D eigenvalue weighted by molar-refractivity contribution is 5.33. The molecule has 3 heterocycles. The molecule has 0 spiro atoms. The highest BCUT2D eigenvalue weighted by Crippen LogP contribution is 1.97. The van der Waals surface area contributed by atoms with E-state index in [1.54, 1.807) is 13.8 Å². The van der Waals surface area contributed by atoms with E-state index in [1.807, 2.05) is 0 Å². The minimum Gasteiger partial charge on any atom is -0.368 e. The summed E-state index contributed by atoms with van der Waals surface area (Å²) in [5.74, 6) is 1.88. The van der Waals surface area contributed by atoms with E-state index < -0.39 is 0 Å². The average Bonchev–Trinajstić information content (AvgIpc) is 2.43. The van der Waals surface area contributed by atoms with Crippen LogP contribution in [0.15, 0.2) is 0 Å². The van der Waals surface area contributed by atoms with Gasteiger partial charge in [-0.05, 0) is 13.8 Å². The number of aromatic nitrogens is 9. The smallest absolute Gasteiger partial charge is 0.226 e. The van der Waals surface area contributed by atoms with Crippen LogP contribution in [0.2, 0.25) is 0 Å². The second-order valence-electron chi connectivity index (χ2n) is 4.61. The zero-order valence-electron chi connectivity index (χ0n) is 14.6. The molecule has 0 bridgehead atoms. The Morgan fingerprint density at radius 2 is 0.481 bits per heavy atom. The van der Waals surface area contributed by atoms with E-state index in [1.165, 1.54) is 0 Å². The van der Waals surface area contributed by atoms with Crippen molar-refractivity contribution in [3.63, 3.8) is 0 Å². The minimum atomic E-state index is 0.0417. The number of hydrogen-bond donors (Lipinski definition) is 7. The quantitative estimate of drug-likeness (QED) is 0.210. The van der Waals surface area contributed by atoms with E-state index in [0.29, 0.717) is 11.6 Å². The van der Waals surface area contributed by atoms with Gasteiger partial charge in [0.15, 0.2) is 0 Å². The normalized spacial score (nSPS) is 9.41. The van der Waals surface area contributed by atoms with E-state index in [2.05, 4.69) is 44.9 Å². The Morgan fingerprint density at radius 1 is 0.333 bits per heavy atom. The Hall–Kier alpha value is -4.37. The van der Waals surface area contributed by atoms with Crippen LogP contribution < -0.4 is 40.1 Å². The summed E-state index contributed by atoms with van der Waals surface area (Å²) in [6, 6.07) is 0. The molecule has 0 atom stereocenters. The average molecular weight is 376 g/mol. The molecule has 16 heteroatoms. The van der Waals surface area contributed by atoms with Crippen LogP contribution in [0.5, 0.6) is 0 Å². The molecule has 27 heavy (non-hydrogen) atoms. The maximum atomic E-state index is 5.22. The van der Waals surface area contributed by atoms with Crippen molar-refractivity contribution in [1.29, 1.82) is 0 Å². The van der Waals surface area contributed by atoms with Crippen molar-refractivity contribution < 1.29 is 0 Å². The Bertz CT molecular complexity index is 626. The lowest BCUT2D eigenvalue weighted by molar-refractivity contribution is 1.00. The van der Waals surface area contributed by atoms with E-state index >= 15 is 0 Å². The molecule has 3 aromatic heterocycles. The van der Waals surface area contributed by atoms with Crippen molar-refractivity contribution in [2.45, 2.75) is 13.8 Å². The minimum absolute atomic E-state index is 0.0417. The second kappa shape index (κ2) is 9.20. The molecule has 144 valence electrons. The van der Waals surface area contributed by atoms with Gasteiger partial charge in [-0.3, -0.25) is 0 Å². The van der Waals surface area contributed by atoms with Gasteiger partial charge >= 0.3 is 0 Å². The molecule has 16 nitrogen and oxygen atoms in total. The first kappa shape index (κ1) is 20.7. The van der Waals surface area contributed by atoms with Gasteiger partial charge in [0, 0.05) is 0 Å². The van der Waals surface area contributed by atoms with Crippen LogP contribution >= 0.6 is 0 Å². The predicted octanol–water partition coefficient (Wildman–Crippen LogP) is -2.69. The maximum Gasteiger partial charge on any atom is 0.226 e. The molecule has 0 saturated heterocycles. The van der Waals surface area contributed by atoms with Gasteiger partial charge in [0.1, 0.15) is 11.6 Å². The number of rotatable bonds is 0. The Morgan fingerprint density at radius 3 is 0.630 bits per heavy atom. The van der Waals surface area contributed by atoms with Gasteiger partial charge in [0.05, 0.1) is 0 Å². The van der Waals surface area contributed by atoms with Crippen LogP contribution in [-0.4, -0.2) is 44.9 Å². The number of hydrogen-bond acceptors (Lipinski definition) is 16. The molecule has 0 aliphatic heterocycles. The molecular formula is C11H20N16. The molecule has 0 fully saturated rings. The molecule has 3 aromatic rings. The fourth-order valence-corrected chi connectivity index (χ4v) is 1.47. The number of nitrogens with zero attached hydrogens (tertiary/aromatic N) is 9. The van der Waals surface area contributed by atoms with Crippen molar-refractivity contribution in [1.82, 2.24) is 44.9 Å². The van der Waals surface area contributed by atoms with Crippen LogP contribution in [-0.2, 0) is 0 Å². The predicted molar refractivity (Wildman–Crippen MR) is 99.8 cm³/mol. The fraction of sp³-hybridized carbons (Fsp3) is 0.182. The number of aryl methyl sites for hydroxylation is 2. The highest BCUT2D eigenvalue weighted by Gasteiger charge is 1.95. The van der Waals surface area contributed by atoms with E-state index in [9.17, 15) is 0 Å². The molecule has 0 saturated carbocycles. The fourth-order valence-electron chi connectivity index (χ4n) is 1.47. The van der Waals surface area contributed by atoms with Gasteiger partial charge in [-0.25, -0.2) is 0 Å². The second-order valence-corrected chi connectivity index (χ2v) is 4.61. The number of anilines is 7. The van der Waals surface area contributed by atoms with Gasteiger partial charge in [0.2, 0.25) is 41.6 Å². The number of nitrogens with two attached hydrogens (primary N) is 7. The third-order valence-electron chi connectivity index (χ3n) is 2.25. The first-order valence-corrected chi connectivity index (χ1v) is 7.05. The van der Waals surface area contributed by atoms with Crippen molar-refractivity contribution in [3.05, 3.63) is 11.6 Å². The molecule has 0 amide bonds. The monoisotopic (exact) mass is 376 g/mol. The molecule has 14 N–H and O–H groups in total. The maximum absolute atomic E-state index is 5.22. The first-order chi connectivity index (χ1) is 12.5. The molecule has 0 radical (unpaired) electrons. The molecule has 0 aromatic carbocycles. The van der Waals surface area contributed by atoms with Gasteiger partial charge in [-0.15, -0.1) is 0 Å². The third kappa shape index (κ3) is 8.33. The van der Waals surface area contributed by atoms with Gasteiger partial charge in [0.25, 0.3) is 0 Å². The van der Waals surface area contributed by atoms with E-state index in [-0.39, 0.29) is 41.6 Å². The standard InChI is InChI=1S/2C4H7N5.C3H6N6/c2*1-2-7-3(5)9-4(6)8-2;4-1-7-2(5)9-3(6)8-1/h2*1H3,(H4,5,6,7,8,9);(H6,4,5,6,7,8,9). The molecular weight excluding hydrogens is 356 g/mol. The zero-order chi connectivity index (χ0) is 20.6. The lowest BCUT2D eigenvalue weighted by Crippen LogP contribution is -2.05. The molecule has 0 unspecified atom stereocenters. The Kier molecular flexibility index (Phi) is 7.05. The highest BCUT2D eigenvalue weighted by atomic mass is 15.2. The summed E-state index contributed by atoms with van der Waals surface area (Å²) in [4.78, 5) is 32.4. The lowest BCUT2D eigenvalue weighted by atomic mass is 10.7. The molecule has 3 rings (SSSR count). The first-order valence-electron chi connectivity index (χ1n) is 7.05.